The summed E-state index contributed by atoms with van der Waals surface area (Å²) < 4.78 is 0. The molecule has 0 aliphatic heterocycles. The summed E-state index contributed by atoms with van der Waals surface area (Å²) >= 11 is 0. The molecule has 0 fully saturated rings. The third-order valence-corrected chi connectivity index (χ3v) is 3.53. The van der Waals surface area contributed by atoms with Gasteiger partial charge in [-0.1, -0.05) is 42.5 Å². The van der Waals surface area contributed by atoms with Gasteiger partial charge in [-0.05, 0) is 53.1 Å². The molecule has 1 amide bonds. The number of phenolic OH excluding ortho intramolecular Hbond substituents is 1. The van der Waals surface area contributed by atoms with E-state index in [9.17, 15) is 9.90 Å². The van der Waals surface area contributed by atoms with Crippen molar-refractivity contribution < 1.29 is 9.90 Å². The van der Waals surface area contributed by atoms with Gasteiger partial charge in [-0.2, -0.15) is 5.10 Å². The lowest BCUT2D eigenvalue weighted by molar-refractivity contribution is 0.0955. The third-order valence-electron chi connectivity index (χ3n) is 3.53. The van der Waals surface area contributed by atoms with Crippen LogP contribution in [0, 0.1) is 0 Å². The molecule has 4 nitrogen and oxygen atoms in total. The Hall–Kier alpha value is -3.40. The molecular weight excluding hydrogens is 300 g/mol. The molecule has 0 spiro atoms. The Kier molecular flexibility index (Phi) is 4.68. The standard InChI is InChI=1S/C20H16N2O2/c23-19-12-6-15(7-13-19)14-21-22-20(24)18-10-8-17(9-11-18)16-4-2-1-3-5-16/h1-14,23H,(H,22,24). The number of carbonyl (C=O) groups is 1. The average Bonchev–Trinajstić information content (AvgIpc) is 2.64. The van der Waals surface area contributed by atoms with Gasteiger partial charge in [-0.3, -0.25) is 4.79 Å². The lowest BCUT2D eigenvalue weighted by Gasteiger charge is -2.03. The first-order chi connectivity index (χ1) is 11.7. The maximum atomic E-state index is 12.1. The molecule has 3 aromatic carbocycles. The van der Waals surface area contributed by atoms with Crippen LogP contribution in [0.3, 0.4) is 0 Å². The van der Waals surface area contributed by atoms with Crippen LogP contribution in [0.1, 0.15) is 15.9 Å². The molecule has 0 aromatic heterocycles. The molecule has 2 N–H and O–H groups in total. The normalized spacial score (nSPS) is 10.7. The number of nitrogens with one attached hydrogen (secondary N) is 1. The molecule has 0 heterocycles. The van der Waals surface area contributed by atoms with Gasteiger partial charge in [-0.25, -0.2) is 5.43 Å². The van der Waals surface area contributed by atoms with Crippen molar-refractivity contribution in [2.45, 2.75) is 0 Å². The summed E-state index contributed by atoms with van der Waals surface area (Å²) in [5.41, 5.74) is 5.98. The molecule has 118 valence electrons. The number of hydrogen-bond donors (Lipinski definition) is 2. The van der Waals surface area contributed by atoms with Crippen LogP contribution in [0.4, 0.5) is 0 Å². The van der Waals surface area contributed by atoms with Crippen LogP contribution in [-0.2, 0) is 0 Å². The highest BCUT2D eigenvalue weighted by atomic mass is 16.3. The Morgan fingerprint density at radius 2 is 1.46 bits per heavy atom. The molecule has 0 atom stereocenters. The minimum Gasteiger partial charge on any atom is -0.508 e. The fourth-order valence-electron chi connectivity index (χ4n) is 2.24. The fraction of sp³-hybridized carbons (Fsp3) is 0. The molecule has 3 aromatic rings. The lowest BCUT2D eigenvalue weighted by atomic mass is 10.0. The summed E-state index contributed by atoms with van der Waals surface area (Å²) in [7, 11) is 0. The first-order valence-electron chi connectivity index (χ1n) is 7.50. The number of amides is 1. The molecule has 24 heavy (non-hydrogen) atoms. The summed E-state index contributed by atoms with van der Waals surface area (Å²) in [5, 5.41) is 13.1. The monoisotopic (exact) mass is 316 g/mol. The second kappa shape index (κ2) is 7.24. The quantitative estimate of drug-likeness (QED) is 0.568. The van der Waals surface area contributed by atoms with E-state index in [1.54, 1.807) is 36.4 Å². The second-order valence-electron chi connectivity index (χ2n) is 5.23. The first kappa shape index (κ1) is 15.5. The third kappa shape index (κ3) is 3.87. The molecule has 4 heteroatoms. The van der Waals surface area contributed by atoms with Crippen molar-refractivity contribution in [1.82, 2.24) is 5.43 Å². The average molecular weight is 316 g/mol. The largest absolute Gasteiger partial charge is 0.508 e. The SMILES string of the molecule is O=C(NN=Cc1ccc(O)cc1)c1ccc(-c2ccccc2)cc1. The van der Waals surface area contributed by atoms with E-state index >= 15 is 0 Å². The molecule has 0 aliphatic rings. The summed E-state index contributed by atoms with van der Waals surface area (Å²) in [6.45, 7) is 0. The highest BCUT2D eigenvalue weighted by molar-refractivity contribution is 5.95. The van der Waals surface area contributed by atoms with Crippen molar-refractivity contribution in [2.24, 2.45) is 5.10 Å². The van der Waals surface area contributed by atoms with Gasteiger partial charge in [0.1, 0.15) is 5.75 Å². The summed E-state index contributed by atoms with van der Waals surface area (Å²) in [4.78, 5) is 12.1. The zero-order chi connectivity index (χ0) is 16.8. The molecule has 0 unspecified atom stereocenters. The topological polar surface area (TPSA) is 61.7 Å². The van der Waals surface area contributed by atoms with E-state index in [2.05, 4.69) is 10.5 Å². The highest BCUT2D eigenvalue weighted by Crippen LogP contribution is 2.19. The van der Waals surface area contributed by atoms with Crippen LogP contribution in [0.2, 0.25) is 0 Å². The molecule has 0 radical (unpaired) electrons. The Labute approximate surface area is 140 Å². The van der Waals surface area contributed by atoms with Crippen LogP contribution in [-0.4, -0.2) is 17.2 Å². The zero-order valence-corrected chi connectivity index (χ0v) is 12.9. The molecule has 0 bridgehead atoms. The lowest BCUT2D eigenvalue weighted by Crippen LogP contribution is -2.17. The van der Waals surface area contributed by atoms with Crippen LogP contribution in [0.25, 0.3) is 11.1 Å². The van der Waals surface area contributed by atoms with Gasteiger partial charge < -0.3 is 5.11 Å². The van der Waals surface area contributed by atoms with Gasteiger partial charge in [0.05, 0.1) is 6.21 Å². The minimum absolute atomic E-state index is 0.190. The van der Waals surface area contributed by atoms with Crippen molar-refractivity contribution >= 4 is 12.1 Å². The highest BCUT2D eigenvalue weighted by Gasteiger charge is 2.04. The number of rotatable bonds is 4. The Balaban J connectivity index is 1.64. The summed E-state index contributed by atoms with van der Waals surface area (Å²) in [6.07, 6.45) is 1.52. The summed E-state index contributed by atoms with van der Waals surface area (Å²) in [6, 6.07) is 23.9. The maximum Gasteiger partial charge on any atom is 0.271 e. The van der Waals surface area contributed by atoms with E-state index in [4.69, 9.17) is 0 Å². The number of aromatic hydroxyl groups is 1. The molecule has 3 rings (SSSR count). The van der Waals surface area contributed by atoms with Gasteiger partial charge in [0.25, 0.3) is 5.91 Å². The van der Waals surface area contributed by atoms with Gasteiger partial charge in [0, 0.05) is 5.56 Å². The number of nitrogens with zero attached hydrogens (tertiary/aromatic N) is 1. The van der Waals surface area contributed by atoms with Gasteiger partial charge in [-0.15, -0.1) is 0 Å². The zero-order valence-electron chi connectivity index (χ0n) is 12.9. The minimum atomic E-state index is -0.273. The van der Waals surface area contributed by atoms with E-state index in [-0.39, 0.29) is 11.7 Å². The summed E-state index contributed by atoms with van der Waals surface area (Å²) in [5.74, 6) is -0.0840. The van der Waals surface area contributed by atoms with E-state index in [1.807, 2.05) is 42.5 Å². The van der Waals surface area contributed by atoms with Gasteiger partial charge in [0.2, 0.25) is 0 Å². The van der Waals surface area contributed by atoms with E-state index in [0.717, 1.165) is 16.7 Å². The second-order valence-corrected chi connectivity index (χ2v) is 5.23. The smallest absolute Gasteiger partial charge is 0.271 e. The van der Waals surface area contributed by atoms with Crippen LogP contribution < -0.4 is 5.43 Å². The maximum absolute atomic E-state index is 12.1. The number of hydrogen-bond acceptors (Lipinski definition) is 3. The van der Waals surface area contributed by atoms with E-state index in [1.165, 1.54) is 6.21 Å². The molecular formula is C20H16N2O2. The Bertz CT molecular complexity index is 839. The number of carbonyl (C=O) groups excluding carboxylic acids is 1. The van der Waals surface area contributed by atoms with Crippen LogP contribution in [0.15, 0.2) is 84.0 Å². The van der Waals surface area contributed by atoms with Crippen molar-refractivity contribution in [1.29, 1.82) is 0 Å². The van der Waals surface area contributed by atoms with Crippen molar-refractivity contribution in [3.8, 4) is 16.9 Å². The van der Waals surface area contributed by atoms with Crippen molar-refractivity contribution in [3.05, 3.63) is 90.0 Å². The van der Waals surface area contributed by atoms with Crippen LogP contribution >= 0.6 is 0 Å². The van der Waals surface area contributed by atoms with E-state index in [0.29, 0.717) is 5.56 Å². The Morgan fingerprint density at radius 3 is 2.12 bits per heavy atom. The number of benzene rings is 3. The molecule has 0 saturated carbocycles. The fourth-order valence-corrected chi connectivity index (χ4v) is 2.24. The van der Waals surface area contributed by atoms with Crippen molar-refractivity contribution in [2.75, 3.05) is 0 Å². The Morgan fingerprint density at radius 1 is 0.833 bits per heavy atom. The van der Waals surface area contributed by atoms with Gasteiger partial charge in [0.15, 0.2) is 0 Å². The number of phenols is 1. The van der Waals surface area contributed by atoms with Gasteiger partial charge >= 0.3 is 0 Å². The molecule has 0 aliphatic carbocycles. The number of hydrazone groups is 1. The first-order valence-corrected chi connectivity index (χ1v) is 7.50. The molecule has 0 saturated heterocycles. The predicted octanol–water partition coefficient (Wildman–Crippen LogP) is 3.82. The van der Waals surface area contributed by atoms with E-state index < -0.39 is 0 Å². The van der Waals surface area contributed by atoms with Crippen LogP contribution in [0.5, 0.6) is 5.75 Å². The van der Waals surface area contributed by atoms with Crippen molar-refractivity contribution in [3.63, 3.8) is 0 Å². The predicted molar refractivity (Wildman–Crippen MR) is 95.0 cm³/mol.